The van der Waals surface area contributed by atoms with E-state index in [0.29, 0.717) is 0 Å². The molecule has 0 radical (unpaired) electrons. The second-order valence-corrected chi connectivity index (χ2v) is 38.7. The molecular weight excluding hydrogens is 1740 g/mol. The van der Waals surface area contributed by atoms with Gasteiger partial charge in [0.05, 0.1) is 27.3 Å². The lowest BCUT2D eigenvalue weighted by molar-refractivity contribution is 0.436. The molecular formula is C129H80FN3O4S2. The Balaban J connectivity index is 0.000000103. The van der Waals surface area contributed by atoms with Gasteiger partial charge in [-0.05, 0) is 252 Å². The van der Waals surface area contributed by atoms with Crippen molar-refractivity contribution in [3.63, 3.8) is 0 Å². The van der Waals surface area contributed by atoms with Crippen LogP contribution in [0.5, 0.6) is 34.5 Å². The van der Waals surface area contributed by atoms with Crippen LogP contribution in [0.2, 0.25) is 0 Å². The highest BCUT2D eigenvalue weighted by Crippen LogP contribution is 2.67. The summed E-state index contributed by atoms with van der Waals surface area (Å²) in [7, 11) is 0. The number of furan rings is 1. The lowest BCUT2D eigenvalue weighted by Crippen LogP contribution is -2.32. The van der Waals surface area contributed by atoms with E-state index >= 15 is 0 Å². The molecule has 6 aliphatic rings. The summed E-state index contributed by atoms with van der Waals surface area (Å²) in [6.07, 6.45) is 0. The van der Waals surface area contributed by atoms with E-state index in [-0.39, 0.29) is 5.82 Å². The van der Waals surface area contributed by atoms with Crippen molar-refractivity contribution in [2.24, 2.45) is 0 Å². The van der Waals surface area contributed by atoms with E-state index in [4.69, 9.17) is 18.6 Å². The molecule has 0 fully saturated rings. The maximum atomic E-state index is 13.9. The number of anilines is 6. The van der Waals surface area contributed by atoms with Crippen molar-refractivity contribution in [3.05, 3.63) is 540 Å². The second-order valence-electron chi connectivity index (χ2n) is 36.5. The van der Waals surface area contributed by atoms with Crippen LogP contribution in [-0.4, -0.2) is 0 Å². The summed E-state index contributed by atoms with van der Waals surface area (Å²) in [6, 6.07) is 165. The molecule has 0 unspecified atom stereocenters. The fourth-order valence-electron chi connectivity index (χ4n) is 23.5. The SMILES string of the molecule is Fc1ccc(-c2cc(Nc3ccc4c(c3)C3(c5ccccc5O4)c4ccccc4-c4ccccc43)c3c(c2)sc2ccccc23)cc1.c1ccc(-c2ccc3oc4cccc(Nc5ccc6c(c5)C5(c7ccccc7O6)c6ccccc6-c6ccccc65)c4c3c2)cc1.c1ccc(-c2cccc3sc4ccc(Nc5ccc6c(c5)C5(c7ccccc7O6)c6ccccc6-c6ccccc65)cc4c23)cc1. The van der Waals surface area contributed by atoms with Crippen molar-refractivity contribution < 1.29 is 23.0 Å². The predicted molar refractivity (Wildman–Crippen MR) is 570 cm³/mol. The van der Waals surface area contributed by atoms with E-state index in [1.165, 1.54) is 141 Å². The first-order valence-electron chi connectivity index (χ1n) is 47.1. The normalized spacial score (nSPS) is 13.6. The van der Waals surface area contributed by atoms with Gasteiger partial charge in [0.1, 0.15) is 51.5 Å². The third kappa shape index (κ3) is 12.3. The molecule has 0 atom stereocenters. The van der Waals surface area contributed by atoms with E-state index in [0.717, 1.165) is 135 Å². The van der Waals surface area contributed by atoms with E-state index < -0.39 is 16.2 Å². The van der Waals surface area contributed by atoms with Crippen LogP contribution in [0.3, 0.4) is 0 Å². The molecule has 24 aromatic rings. The molecule has 139 heavy (non-hydrogen) atoms. The molecule has 3 spiro atoms. The fourth-order valence-corrected chi connectivity index (χ4v) is 25.8. The monoisotopic (exact) mass is 1820 g/mol. The Morgan fingerprint density at radius 1 is 0.194 bits per heavy atom. The molecule has 21 aromatic carbocycles. The number of fused-ring (bicyclic) bond motifs is 36. The number of nitrogens with one attached hydrogen (secondary N) is 3. The molecule has 3 aliphatic carbocycles. The van der Waals surface area contributed by atoms with Gasteiger partial charge < -0.3 is 34.6 Å². The Bertz CT molecular complexity index is 9080. The number of rotatable bonds is 9. The third-order valence-electron chi connectivity index (χ3n) is 29.2. The smallest absolute Gasteiger partial charge is 0.137 e. The van der Waals surface area contributed by atoms with Crippen LogP contribution in [0, 0.1) is 5.82 Å². The molecule has 30 rings (SSSR count). The van der Waals surface area contributed by atoms with Gasteiger partial charge in [-0.1, -0.05) is 315 Å². The van der Waals surface area contributed by atoms with Crippen molar-refractivity contribution >= 4 is 119 Å². The van der Waals surface area contributed by atoms with Gasteiger partial charge in [0.2, 0.25) is 0 Å². The molecule has 6 heterocycles. The van der Waals surface area contributed by atoms with Crippen LogP contribution < -0.4 is 30.2 Å². The standard InChI is InChI=1S/C43H26FNOS.C43H27NO2.C43H27NOS/c44-28-19-17-26(18-20-28)27-23-37(42-32-11-3-8-16-40(32)47-41(42)24-27)45-29-21-22-39-36(25-29)43(35-14-6-7-15-38(35)46-39)33-12-4-1-9-30(33)31-10-2-5-13-34(31)43;1-2-11-27(12-3-1)28-21-23-38-32(25-28)42-37(18-10-20-41(42)45-38)44-29-22-24-40-36(26-29)43(35-17-8-9-19-39(35)46-40)33-15-6-4-13-30(33)31-14-5-7-16-34(31)43;1-2-11-27(12-3-1)30-15-10-20-41-42(30)33-25-28(22-24-40(33)46-41)44-29-21-23-39-37(26-29)43(36-18-8-9-19-38(36)45-39)34-16-6-4-13-31(34)32-14-5-7-17-35(32)43/h1-25,45H;2*1-26,44H. The van der Waals surface area contributed by atoms with Crippen LogP contribution in [0.4, 0.5) is 38.5 Å². The minimum Gasteiger partial charge on any atom is -0.457 e. The largest absolute Gasteiger partial charge is 0.457 e. The van der Waals surface area contributed by atoms with Crippen LogP contribution in [0.15, 0.2) is 472 Å². The van der Waals surface area contributed by atoms with Crippen molar-refractivity contribution in [2.75, 3.05) is 16.0 Å². The highest BCUT2D eigenvalue weighted by atomic mass is 32.1. The quantitative estimate of drug-likeness (QED) is 0.133. The lowest BCUT2D eigenvalue weighted by atomic mass is 9.66. The van der Waals surface area contributed by atoms with Crippen LogP contribution >= 0.6 is 22.7 Å². The summed E-state index contributed by atoms with van der Waals surface area (Å²) in [5, 5.41) is 18.6. The molecule has 0 saturated carbocycles. The van der Waals surface area contributed by atoms with Crippen molar-refractivity contribution in [1.82, 2.24) is 0 Å². The molecule has 0 saturated heterocycles. The molecule has 654 valence electrons. The summed E-state index contributed by atoms with van der Waals surface area (Å²) in [4.78, 5) is 0. The van der Waals surface area contributed by atoms with Gasteiger partial charge in [-0.3, -0.25) is 0 Å². The first kappa shape index (κ1) is 80.1. The predicted octanol–water partition coefficient (Wildman–Crippen LogP) is 35.5. The first-order valence-corrected chi connectivity index (χ1v) is 48.8. The highest BCUT2D eigenvalue weighted by molar-refractivity contribution is 7.26. The Hall–Kier alpha value is -17.4. The van der Waals surface area contributed by atoms with Crippen LogP contribution in [0.1, 0.15) is 66.8 Å². The number of para-hydroxylation sites is 3. The Kier molecular flexibility index (Phi) is 18.2. The molecule has 7 nitrogen and oxygen atoms in total. The number of hydrogen-bond acceptors (Lipinski definition) is 9. The van der Waals surface area contributed by atoms with Gasteiger partial charge >= 0.3 is 0 Å². The minimum absolute atomic E-state index is 0.239. The number of halogens is 1. The summed E-state index contributed by atoms with van der Waals surface area (Å²) in [5.41, 5.74) is 35.3. The molecule has 3 N–H and O–H groups in total. The van der Waals surface area contributed by atoms with Crippen molar-refractivity contribution in [2.45, 2.75) is 16.2 Å². The summed E-state index contributed by atoms with van der Waals surface area (Å²) in [6.45, 7) is 0. The van der Waals surface area contributed by atoms with E-state index in [1.54, 1.807) is 11.3 Å². The van der Waals surface area contributed by atoms with Gasteiger partial charge in [-0.25, -0.2) is 4.39 Å². The number of hydrogen-bond donors (Lipinski definition) is 3. The molecule has 0 amide bonds. The zero-order valence-electron chi connectivity index (χ0n) is 74.8. The van der Waals surface area contributed by atoms with E-state index in [2.05, 4.69) is 435 Å². The summed E-state index contributed by atoms with van der Waals surface area (Å²) >= 11 is 3.63. The topological polar surface area (TPSA) is 76.9 Å². The van der Waals surface area contributed by atoms with E-state index in [1.807, 2.05) is 47.7 Å². The number of ether oxygens (including phenoxy) is 3. The Morgan fingerprint density at radius 2 is 0.576 bits per heavy atom. The van der Waals surface area contributed by atoms with Crippen LogP contribution in [0.25, 0.3) is 129 Å². The number of thiophene rings is 2. The lowest BCUT2D eigenvalue weighted by Gasteiger charge is -2.39. The molecule has 0 bridgehead atoms. The van der Waals surface area contributed by atoms with E-state index in [9.17, 15) is 4.39 Å². The van der Waals surface area contributed by atoms with Gasteiger partial charge in [-0.15, -0.1) is 22.7 Å². The molecule has 3 aliphatic heterocycles. The van der Waals surface area contributed by atoms with Gasteiger partial charge in [0.15, 0.2) is 0 Å². The molecule has 3 aromatic heterocycles. The second kappa shape index (κ2) is 31.6. The van der Waals surface area contributed by atoms with Crippen LogP contribution in [-0.2, 0) is 16.2 Å². The van der Waals surface area contributed by atoms with Crippen molar-refractivity contribution in [3.8, 4) is 101 Å². The molecule has 10 heteroatoms. The third-order valence-corrected chi connectivity index (χ3v) is 31.5. The number of benzene rings is 21. The Labute approximate surface area is 809 Å². The first-order chi connectivity index (χ1) is 68.8. The average Bonchev–Trinajstić information content (AvgIpc) is 1.55. The van der Waals surface area contributed by atoms with Gasteiger partial charge in [0, 0.05) is 108 Å². The fraction of sp³-hybridized carbons (Fsp3) is 0.0233. The zero-order chi connectivity index (χ0) is 91.6. The average molecular weight is 1820 g/mol. The maximum absolute atomic E-state index is 13.9. The maximum Gasteiger partial charge on any atom is 0.137 e. The summed E-state index contributed by atoms with van der Waals surface area (Å²) in [5.74, 6) is 5.06. The van der Waals surface area contributed by atoms with Crippen molar-refractivity contribution in [1.29, 1.82) is 0 Å². The zero-order valence-corrected chi connectivity index (χ0v) is 76.4. The van der Waals surface area contributed by atoms with Gasteiger partial charge in [-0.2, -0.15) is 0 Å². The highest BCUT2D eigenvalue weighted by Gasteiger charge is 2.55. The van der Waals surface area contributed by atoms with Gasteiger partial charge in [0.25, 0.3) is 0 Å². The Morgan fingerprint density at radius 3 is 1.09 bits per heavy atom. The minimum atomic E-state index is -0.532. The summed E-state index contributed by atoms with van der Waals surface area (Å²) < 4.78 is 45.1.